The fourth-order valence-electron chi connectivity index (χ4n) is 1.92. The van der Waals surface area contributed by atoms with Gasteiger partial charge in [0, 0.05) is 18.7 Å². The monoisotopic (exact) mass is 237 g/mol. The molecule has 1 fully saturated rings. The lowest BCUT2D eigenvalue weighted by atomic mass is 10.1. The molecule has 0 heterocycles. The molecule has 0 atom stereocenters. The van der Waals surface area contributed by atoms with Crippen LogP contribution in [0.3, 0.4) is 0 Å². The molecule has 0 saturated heterocycles. The van der Waals surface area contributed by atoms with Crippen molar-refractivity contribution in [1.82, 2.24) is 4.90 Å². The summed E-state index contributed by atoms with van der Waals surface area (Å²) >= 11 is 0. The molecule has 0 bridgehead atoms. The van der Waals surface area contributed by atoms with E-state index >= 15 is 0 Å². The minimum absolute atomic E-state index is 0.187. The minimum Gasteiger partial charge on any atom is -0.507 e. The van der Waals surface area contributed by atoms with Gasteiger partial charge in [0.05, 0.1) is 5.56 Å². The number of nitrogens with zero attached hydrogens (tertiary/aromatic N) is 1. The fourth-order valence-corrected chi connectivity index (χ4v) is 1.92. The van der Waals surface area contributed by atoms with Crippen LogP contribution in [0.4, 0.5) is 4.39 Å². The Balaban J connectivity index is 2.22. The van der Waals surface area contributed by atoms with Crippen molar-refractivity contribution in [1.29, 1.82) is 0 Å². The number of halogens is 1. The molecule has 2 rings (SSSR count). The van der Waals surface area contributed by atoms with Crippen molar-refractivity contribution in [2.75, 3.05) is 6.54 Å². The highest BCUT2D eigenvalue weighted by atomic mass is 19.1. The molecular formula is C13H16FNO2. The number of carbonyl (C=O) groups is 1. The zero-order chi connectivity index (χ0) is 12.4. The first-order valence-corrected chi connectivity index (χ1v) is 5.93. The largest absolute Gasteiger partial charge is 0.507 e. The van der Waals surface area contributed by atoms with Crippen molar-refractivity contribution in [3.63, 3.8) is 0 Å². The number of benzene rings is 1. The summed E-state index contributed by atoms with van der Waals surface area (Å²) in [6, 6.07) is 3.82. The lowest BCUT2D eigenvalue weighted by Gasteiger charge is -2.22. The van der Waals surface area contributed by atoms with Crippen LogP contribution in [0.5, 0.6) is 5.75 Å². The molecule has 92 valence electrons. The predicted octanol–water partition coefficient (Wildman–Crippen LogP) is 2.55. The Hall–Kier alpha value is -1.58. The Morgan fingerprint density at radius 1 is 1.53 bits per heavy atom. The maximum Gasteiger partial charge on any atom is 0.257 e. The summed E-state index contributed by atoms with van der Waals surface area (Å²) in [4.78, 5) is 14.0. The van der Waals surface area contributed by atoms with Crippen molar-refractivity contribution in [2.24, 2.45) is 0 Å². The molecular weight excluding hydrogens is 221 g/mol. The van der Waals surface area contributed by atoms with Crippen LogP contribution in [0.2, 0.25) is 0 Å². The molecule has 1 aliphatic carbocycles. The van der Waals surface area contributed by atoms with Crippen LogP contribution in [-0.4, -0.2) is 28.5 Å². The highest BCUT2D eigenvalue weighted by Gasteiger charge is 2.33. The Bertz CT molecular complexity index is 429. The molecule has 4 heteroatoms. The highest BCUT2D eigenvalue weighted by molar-refractivity contribution is 5.97. The molecule has 0 aliphatic heterocycles. The number of hydrogen-bond donors (Lipinski definition) is 1. The maximum absolute atomic E-state index is 12.8. The molecule has 0 unspecified atom stereocenters. The number of phenols is 1. The van der Waals surface area contributed by atoms with E-state index in [1.807, 2.05) is 6.92 Å². The van der Waals surface area contributed by atoms with Gasteiger partial charge in [-0.2, -0.15) is 0 Å². The zero-order valence-corrected chi connectivity index (χ0v) is 9.82. The third-order valence-corrected chi connectivity index (χ3v) is 2.90. The van der Waals surface area contributed by atoms with Gasteiger partial charge in [-0.25, -0.2) is 4.39 Å². The average molecular weight is 237 g/mol. The molecule has 3 nitrogen and oxygen atoms in total. The number of phenolic OH excluding ortho intramolecular Hbond substituents is 1. The third kappa shape index (κ3) is 2.57. The number of carbonyl (C=O) groups excluding carboxylic acids is 1. The van der Waals surface area contributed by atoms with Gasteiger partial charge in [-0.15, -0.1) is 0 Å². The van der Waals surface area contributed by atoms with E-state index in [0.717, 1.165) is 25.3 Å². The Morgan fingerprint density at radius 3 is 2.76 bits per heavy atom. The van der Waals surface area contributed by atoms with Crippen LogP contribution in [0.1, 0.15) is 36.5 Å². The quantitative estimate of drug-likeness (QED) is 0.874. The SMILES string of the molecule is CCCN(C(=O)c1ccc(F)cc1O)C1CC1. The molecule has 1 amide bonds. The molecule has 17 heavy (non-hydrogen) atoms. The van der Waals surface area contributed by atoms with E-state index in [2.05, 4.69) is 0 Å². The van der Waals surface area contributed by atoms with Gasteiger partial charge in [0.2, 0.25) is 0 Å². The van der Waals surface area contributed by atoms with Crippen LogP contribution in [0, 0.1) is 5.82 Å². The van der Waals surface area contributed by atoms with Crippen molar-refractivity contribution >= 4 is 5.91 Å². The number of rotatable bonds is 4. The Kier molecular flexibility index (Phi) is 3.31. The molecule has 1 aromatic carbocycles. The van der Waals surface area contributed by atoms with E-state index in [-0.39, 0.29) is 17.2 Å². The molecule has 0 spiro atoms. The van der Waals surface area contributed by atoms with E-state index in [4.69, 9.17) is 0 Å². The summed E-state index contributed by atoms with van der Waals surface area (Å²) in [5.74, 6) is -1.02. The second-order valence-corrected chi connectivity index (χ2v) is 4.39. The van der Waals surface area contributed by atoms with Crippen LogP contribution in [0.15, 0.2) is 18.2 Å². The van der Waals surface area contributed by atoms with E-state index in [0.29, 0.717) is 12.6 Å². The van der Waals surface area contributed by atoms with E-state index < -0.39 is 5.82 Å². The summed E-state index contributed by atoms with van der Waals surface area (Å²) in [7, 11) is 0. The van der Waals surface area contributed by atoms with Crippen molar-refractivity contribution in [3.8, 4) is 5.75 Å². The number of hydrogen-bond acceptors (Lipinski definition) is 2. The number of amides is 1. The molecule has 1 aliphatic rings. The predicted molar refractivity (Wildman–Crippen MR) is 62.4 cm³/mol. The average Bonchev–Trinajstić information content (AvgIpc) is 3.09. The Morgan fingerprint density at radius 2 is 2.24 bits per heavy atom. The minimum atomic E-state index is -0.535. The van der Waals surface area contributed by atoms with Crippen LogP contribution < -0.4 is 0 Å². The summed E-state index contributed by atoms with van der Waals surface area (Å²) in [5, 5.41) is 9.59. The second kappa shape index (κ2) is 4.73. The lowest BCUT2D eigenvalue weighted by molar-refractivity contribution is 0.0740. The molecule has 0 aromatic heterocycles. The standard InChI is InChI=1S/C13H16FNO2/c1-2-7-15(10-4-5-10)13(17)11-6-3-9(14)8-12(11)16/h3,6,8,10,16H,2,4-5,7H2,1H3. The van der Waals surface area contributed by atoms with Gasteiger partial charge >= 0.3 is 0 Å². The highest BCUT2D eigenvalue weighted by Crippen LogP contribution is 2.30. The Labute approximate surface area is 99.9 Å². The molecule has 1 saturated carbocycles. The van der Waals surface area contributed by atoms with Gasteiger partial charge in [0.15, 0.2) is 0 Å². The van der Waals surface area contributed by atoms with Crippen LogP contribution in [-0.2, 0) is 0 Å². The smallest absolute Gasteiger partial charge is 0.257 e. The maximum atomic E-state index is 12.8. The molecule has 1 N–H and O–H groups in total. The van der Waals surface area contributed by atoms with Crippen LogP contribution in [0.25, 0.3) is 0 Å². The zero-order valence-electron chi connectivity index (χ0n) is 9.82. The second-order valence-electron chi connectivity index (χ2n) is 4.39. The fraction of sp³-hybridized carbons (Fsp3) is 0.462. The summed E-state index contributed by atoms with van der Waals surface area (Å²) in [6.45, 7) is 2.69. The van der Waals surface area contributed by atoms with E-state index in [1.165, 1.54) is 12.1 Å². The first kappa shape index (κ1) is 11.9. The van der Waals surface area contributed by atoms with Gasteiger partial charge in [-0.05, 0) is 31.4 Å². The summed E-state index contributed by atoms with van der Waals surface area (Å²) in [6.07, 6.45) is 2.92. The van der Waals surface area contributed by atoms with Crippen LogP contribution >= 0.6 is 0 Å². The third-order valence-electron chi connectivity index (χ3n) is 2.90. The van der Waals surface area contributed by atoms with Gasteiger partial charge in [-0.3, -0.25) is 4.79 Å². The van der Waals surface area contributed by atoms with Crippen molar-refractivity contribution < 1.29 is 14.3 Å². The summed E-state index contributed by atoms with van der Waals surface area (Å²) < 4.78 is 12.8. The summed E-state index contributed by atoms with van der Waals surface area (Å²) in [5.41, 5.74) is 0.187. The van der Waals surface area contributed by atoms with Gasteiger partial charge in [-0.1, -0.05) is 6.92 Å². The van der Waals surface area contributed by atoms with Crippen molar-refractivity contribution in [3.05, 3.63) is 29.6 Å². The first-order chi connectivity index (χ1) is 8.13. The van der Waals surface area contributed by atoms with E-state index in [1.54, 1.807) is 4.90 Å². The first-order valence-electron chi connectivity index (χ1n) is 5.93. The van der Waals surface area contributed by atoms with Crippen molar-refractivity contribution in [2.45, 2.75) is 32.2 Å². The lowest BCUT2D eigenvalue weighted by Crippen LogP contribution is -2.33. The molecule has 0 radical (unpaired) electrons. The van der Waals surface area contributed by atoms with Gasteiger partial charge in [0.25, 0.3) is 5.91 Å². The van der Waals surface area contributed by atoms with E-state index in [9.17, 15) is 14.3 Å². The van der Waals surface area contributed by atoms with Gasteiger partial charge in [0.1, 0.15) is 11.6 Å². The topological polar surface area (TPSA) is 40.5 Å². The van der Waals surface area contributed by atoms with Gasteiger partial charge < -0.3 is 10.0 Å². The molecule has 1 aromatic rings. The normalized spacial score (nSPS) is 14.7. The number of aromatic hydroxyl groups is 1.